The molecule has 1 saturated heterocycles. The molecular formula is C22H16Cl2FN5O4. The van der Waals surface area contributed by atoms with Crippen molar-refractivity contribution in [1.82, 2.24) is 14.9 Å². The summed E-state index contributed by atoms with van der Waals surface area (Å²) in [6, 6.07) is 3.66. The van der Waals surface area contributed by atoms with Crippen molar-refractivity contribution in [3.8, 4) is 11.5 Å². The molecule has 3 aromatic rings. The summed E-state index contributed by atoms with van der Waals surface area (Å²) in [7, 11) is 1.46. The molecule has 2 aliphatic rings. The van der Waals surface area contributed by atoms with Crippen molar-refractivity contribution in [3.05, 3.63) is 53.0 Å². The highest BCUT2D eigenvalue weighted by atomic mass is 35.5. The van der Waals surface area contributed by atoms with E-state index in [-0.39, 0.29) is 45.0 Å². The summed E-state index contributed by atoms with van der Waals surface area (Å²) in [5, 5.41) is 2.85. The molecule has 2 aliphatic heterocycles. The van der Waals surface area contributed by atoms with E-state index in [1.165, 1.54) is 31.6 Å². The average molecular weight is 504 g/mol. The van der Waals surface area contributed by atoms with Crippen molar-refractivity contribution in [2.75, 3.05) is 30.4 Å². The fraction of sp³-hybridized carbons (Fsp3) is 0.182. The van der Waals surface area contributed by atoms with E-state index in [9.17, 15) is 14.0 Å². The van der Waals surface area contributed by atoms with Crippen LogP contribution in [0, 0.1) is 5.82 Å². The van der Waals surface area contributed by atoms with Crippen molar-refractivity contribution >= 4 is 63.2 Å². The van der Waals surface area contributed by atoms with Crippen molar-refractivity contribution in [2.24, 2.45) is 0 Å². The Bertz CT molecular complexity index is 1380. The first-order valence-electron chi connectivity index (χ1n) is 10.0. The Balaban J connectivity index is 1.62. The molecule has 3 heterocycles. The molecule has 34 heavy (non-hydrogen) atoms. The fourth-order valence-electron chi connectivity index (χ4n) is 3.88. The van der Waals surface area contributed by atoms with Crippen molar-refractivity contribution in [2.45, 2.75) is 6.10 Å². The first-order valence-corrected chi connectivity index (χ1v) is 10.8. The Morgan fingerprint density at radius 3 is 2.79 bits per heavy atom. The van der Waals surface area contributed by atoms with Gasteiger partial charge in [0, 0.05) is 6.07 Å². The van der Waals surface area contributed by atoms with Gasteiger partial charge in [-0.15, -0.1) is 0 Å². The predicted octanol–water partition coefficient (Wildman–Crippen LogP) is 4.54. The molecule has 174 valence electrons. The molecule has 1 aromatic heterocycles. The molecule has 0 unspecified atom stereocenters. The maximum atomic E-state index is 15.0. The van der Waals surface area contributed by atoms with Crippen LogP contribution in [-0.4, -0.2) is 53.1 Å². The summed E-state index contributed by atoms with van der Waals surface area (Å²) in [6.07, 6.45) is 2.16. The molecule has 0 atom stereocenters. The van der Waals surface area contributed by atoms with Gasteiger partial charge in [-0.25, -0.2) is 24.1 Å². The van der Waals surface area contributed by atoms with Crippen LogP contribution in [0.1, 0.15) is 0 Å². The lowest BCUT2D eigenvalue weighted by Gasteiger charge is -2.39. The number of hydrogen-bond donors (Lipinski definition) is 1. The summed E-state index contributed by atoms with van der Waals surface area (Å²) in [6.45, 7) is 4.17. The van der Waals surface area contributed by atoms with Gasteiger partial charge in [0.2, 0.25) is 5.91 Å². The van der Waals surface area contributed by atoms with E-state index in [2.05, 4.69) is 21.9 Å². The second-order valence-corrected chi connectivity index (χ2v) is 8.31. The number of nitrogens with zero attached hydrogens (tertiary/aromatic N) is 4. The summed E-state index contributed by atoms with van der Waals surface area (Å²) in [4.78, 5) is 36.1. The van der Waals surface area contributed by atoms with Gasteiger partial charge in [-0.05, 0) is 18.2 Å². The second-order valence-electron chi connectivity index (χ2n) is 7.52. The summed E-state index contributed by atoms with van der Waals surface area (Å²) in [5.41, 5.74) is 0.584. The quantitative estimate of drug-likeness (QED) is 0.405. The first-order chi connectivity index (χ1) is 16.3. The number of hydrogen-bond acceptors (Lipinski definition) is 6. The Morgan fingerprint density at radius 1 is 1.32 bits per heavy atom. The topological polar surface area (TPSA) is 96.9 Å². The lowest BCUT2D eigenvalue weighted by Crippen LogP contribution is -2.55. The van der Waals surface area contributed by atoms with Crippen LogP contribution in [0.2, 0.25) is 10.0 Å². The Hall–Kier alpha value is -3.63. The van der Waals surface area contributed by atoms with Crippen LogP contribution < -0.4 is 19.7 Å². The third kappa shape index (κ3) is 3.37. The minimum Gasteiger partial charge on any atom is -0.493 e. The van der Waals surface area contributed by atoms with Crippen LogP contribution in [-0.2, 0) is 4.79 Å². The molecule has 3 amide bonds. The van der Waals surface area contributed by atoms with Crippen LogP contribution in [0.15, 0.2) is 37.2 Å². The van der Waals surface area contributed by atoms with Gasteiger partial charge in [-0.1, -0.05) is 29.8 Å². The van der Waals surface area contributed by atoms with Crippen molar-refractivity contribution in [1.29, 1.82) is 0 Å². The maximum Gasteiger partial charge on any atom is 0.332 e. The zero-order chi connectivity index (χ0) is 24.1. The van der Waals surface area contributed by atoms with Gasteiger partial charge < -0.3 is 19.7 Å². The number of aromatic nitrogens is 2. The Kier molecular flexibility index (Phi) is 5.41. The zero-order valence-electron chi connectivity index (χ0n) is 17.6. The van der Waals surface area contributed by atoms with E-state index in [0.717, 1.165) is 4.90 Å². The minimum absolute atomic E-state index is 0.0125. The molecule has 2 aromatic carbocycles. The monoisotopic (exact) mass is 503 g/mol. The molecule has 0 saturated carbocycles. The van der Waals surface area contributed by atoms with Crippen LogP contribution in [0.4, 0.5) is 26.4 Å². The fourth-order valence-corrected chi connectivity index (χ4v) is 4.19. The Labute approximate surface area is 202 Å². The van der Waals surface area contributed by atoms with E-state index < -0.39 is 11.8 Å². The summed E-state index contributed by atoms with van der Waals surface area (Å²) >= 11 is 11.9. The van der Waals surface area contributed by atoms with E-state index in [1.54, 1.807) is 11.0 Å². The summed E-state index contributed by atoms with van der Waals surface area (Å²) in [5.74, 6) is -0.356. The first kappa shape index (κ1) is 22.2. The van der Waals surface area contributed by atoms with E-state index in [1.807, 2.05) is 0 Å². The number of amides is 3. The van der Waals surface area contributed by atoms with Gasteiger partial charge in [0.25, 0.3) is 0 Å². The van der Waals surface area contributed by atoms with Crippen LogP contribution in [0.25, 0.3) is 10.9 Å². The molecule has 5 rings (SSSR count). The highest BCUT2D eigenvalue weighted by Crippen LogP contribution is 2.49. The lowest BCUT2D eigenvalue weighted by molar-refractivity contribution is -0.134. The molecule has 12 heteroatoms. The van der Waals surface area contributed by atoms with Crippen molar-refractivity contribution < 1.29 is 23.5 Å². The van der Waals surface area contributed by atoms with Crippen molar-refractivity contribution in [3.63, 3.8) is 0 Å². The van der Waals surface area contributed by atoms with Crippen LogP contribution >= 0.6 is 23.2 Å². The average Bonchev–Trinajstić information content (AvgIpc) is 2.81. The number of ether oxygens (including phenoxy) is 2. The smallest absolute Gasteiger partial charge is 0.332 e. The normalized spacial score (nSPS) is 15.1. The summed E-state index contributed by atoms with van der Waals surface area (Å²) < 4.78 is 26.6. The van der Waals surface area contributed by atoms with Gasteiger partial charge in [-0.2, -0.15) is 0 Å². The highest BCUT2D eigenvalue weighted by molar-refractivity contribution is 6.42. The molecular weight excluding hydrogens is 488 g/mol. The molecule has 0 radical (unpaired) electrons. The number of carbonyl (C=O) groups excluding carboxylic acids is 2. The molecule has 1 fully saturated rings. The van der Waals surface area contributed by atoms with Crippen LogP contribution in [0.5, 0.6) is 11.5 Å². The van der Waals surface area contributed by atoms with E-state index >= 15 is 0 Å². The molecule has 0 bridgehead atoms. The van der Waals surface area contributed by atoms with Gasteiger partial charge >= 0.3 is 6.03 Å². The number of likely N-dealkylation sites (tertiary alicyclic amines) is 1. The van der Waals surface area contributed by atoms with Gasteiger partial charge in [0.1, 0.15) is 18.1 Å². The number of anilines is 3. The van der Waals surface area contributed by atoms with Gasteiger partial charge in [-0.3, -0.25) is 4.79 Å². The third-order valence-corrected chi connectivity index (χ3v) is 6.35. The van der Waals surface area contributed by atoms with E-state index in [0.29, 0.717) is 29.7 Å². The lowest BCUT2D eigenvalue weighted by atomic mass is 10.1. The standard InChI is InChI=1S/C22H16Cl2FN5O4/c1-3-15(31)29-7-10(8-29)34-20-14(33-2)6-12-16-19(20)28-22(32)30(21(16)27-9-26-12)13-5-4-11(23)17(24)18(13)25/h3-6,9-10H,1,7-8H2,2H3,(H,28,32). The number of rotatable bonds is 5. The largest absolute Gasteiger partial charge is 0.493 e. The molecule has 9 nitrogen and oxygen atoms in total. The van der Waals surface area contributed by atoms with Gasteiger partial charge in [0.05, 0.1) is 46.8 Å². The second kappa shape index (κ2) is 8.30. The zero-order valence-corrected chi connectivity index (χ0v) is 19.2. The third-order valence-electron chi connectivity index (χ3n) is 5.57. The number of halogens is 3. The number of urea groups is 1. The number of carbonyl (C=O) groups is 2. The number of methoxy groups -OCH3 is 1. The molecule has 0 spiro atoms. The SMILES string of the molecule is C=CC(=O)N1CC(Oc2c(OC)cc3ncnc4c3c2NC(=O)N4c2ccc(Cl)c(Cl)c2F)C1. The number of nitrogens with one attached hydrogen (secondary N) is 1. The minimum atomic E-state index is -0.869. The molecule has 0 aliphatic carbocycles. The maximum absolute atomic E-state index is 15.0. The van der Waals surface area contributed by atoms with E-state index in [4.69, 9.17) is 32.7 Å². The predicted molar refractivity (Wildman–Crippen MR) is 125 cm³/mol. The van der Waals surface area contributed by atoms with Crippen LogP contribution in [0.3, 0.4) is 0 Å². The highest BCUT2D eigenvalue weighted by Gasteiger charge is 2.37. The number of benzene rings is 2. The molecule has 1 N–H and O–H groups in total. The van der Waals surface area contributed by atoms with Gasteiger partial charge in [0.15, 0.2) is 23.1 Å². The Morgan fingerprint density at radius 2 is 2.09 bits per heavy atom.